The van der Waals surface area contributed by atoms with Crippen molar-refractivity contribution in [3.63, 3.8) is 0 Å². The average molecular weight is 253 g/mol. The molecule has 1 saturated carbocycles. The third kappa shape index (κ3) is 3.96. The van der Waals surface area contributed by atoms with Crippen LogP contribution in [-0.4, -0.2) is 22.9 Å². The predicted octanol–water partition coefficient (Wildman–Crippen LogP) is 2.17. The molecule has 0 amide bonds. The molecule has 0 saturated heterocycles. The highest BCUT2D eigenvalue weighted by atomic mass is 19.1. The summed E-state index contributed by atoms with van der Waals surface area (Å²) in [4.78, 5) is 0. The van der Waals surface area contributed by atoms with Gasteiger partial charge >= 0.3 is 0 Å². The molecule has 1 aromatic carbocycles. The van der Waals surface area contributed by atoms with Crippen molar-refractivity contribution in [2.24, 2.45) is 5.92 Å². The molecule has 1 aliphatic rings. The molecule has 18 heavy (non-hydrogen) atoms. The lowest BCUT2D eigenvalue weighted by molar-refractivity contribution is 0.101. The summed E-state index contributed by atoms with van der Waals surface area (Å²) in [5, 5.41) is 22.1. The normalized spacial score (nSPS) is 24.1. The topological polar surface area (TPSA) is 52.5 Å². The summed E-state index contributed by atoms with van der Waals surface area (Å²) in [5.41, 5.74) is 0.740. The number of hydrogen-bond donors (Lipinski definition) is 3. The number of phenolic OH excluding ortho intramolecular Hbond substituents is 1. The Hall–Kier alpha value is -1.13. The predicted molar refractivity (Wildman–Crippen MR) is 67.7 cm³/mol. The van der Waals surface area contributed by atoms with Crippen molar-refractivity contribution in [3.8, 4) is 5.75 Å². The van der Waals surface area contributed by atoms with Crippen LogP contribution in [0.1, 0.15) is 31.2 Å². The lowest BCUT2D eigenvalue weighted by Crippen LogP contribution is -2.28. The highest BCUT2D eigenvalue weighted by Crippen LogP contribution is 2.23. The molecular formula is C14H20FNO2. The zero-order chi connectivity index (χ0) is 13.0. The maximum atomic E-state index is 13.0. The van der Waals surface area contributed by atoms with Crippen molar-refractivity contribution in [3.05, 3.63) is 29.6 Å². The zero-order valence-corrected chi connectivity index (χ0v) is 10.4. The first-order valence-electron chi connectivity index (χ1n) is 6.50. The monoisotopic (exact) mass is 253 g/mol. The van der Waals surface area contributed by atoms with E-state index < -0.39 is 5.82 Å². The van der Waals surface area contributed by atoms with Gasteiger partial charge in [0.15, 0.2) is 0 Å². The molecule has 0 aliphatic heterocycles. The lowest BCUT2D eigenvalue weighted by atomic mass is 9.87. The summed E-state index contributed by atoms with van der Waals surface area (Å²) in [6.45, 7) is 1.37. The van der Waals surface area contributed by atoms with Crippen LogP contribution >= 0.6 is 0 Å². The third-order valence-electron chi connectivity index (χ3n) is 3.46. The van der Waals surface area contributed by atoms with Crippen molar-refractivity contribution in [2.45, 2.75) is 38.3 Å². The average Bonchev–Trinajstić information content (AvgIpc) is 2.27. The van der Waals surface area contributed by atoms with Gasteiger partial charge in [0.25, 0.3) is 0 Å². The van der Waals surface area contributed by atoms with E-state index in [2.05, 4.69) is 5.32 Å². The maximum Gasteiger partial charge on any atom is 0.127 e. The van der Waals surface area contributed by atoms with Gasteiger partial charge < -0.3 is 15.5 Å². The summed E-state index contributed by atoms with van der Waals surface area (Å²) in [6, 6.07) is 4.08. The molecule has 0 spiro atoms. The molecule has 0 radical (unpaired) electrons. The minimum atomic E-state index is -0.417. The number of halogens is 1. The molecule has 4 heteroatoms. The van der Waals surface area contributed by atoms with Gasteiger partial charge in [-0.05, 0) is 49.4 Å². The number of benzene rings is 1. The van der Waals surface area contributed by atoms with E-state index >= 15 is 0 Å². The molecule has 0 heterocycles. The van der Waals surface area contributed by atoms with Gasteiger partial charge in [0, 0.05) is 12.6 Å². The minimum absolute atomic E-state index is 0.0418. The minimum Gasteiger partial charge on any atom is -0.508 e. The molecule has 0 aromatic heterocycles. The van der Waals surface area contributed by atoms with Crippen molar-refractivity contribution >= 4 is 0 Å². The number of aliphatic hydroxyl groups excluding tert-OH is 1. The van der Waals surface area contributed by atoms with Crippen LogP contribution in [-0.2, 0) is 6.54 Å². The van der Waals surface area contributed by atoms with Gasteiger partial charge in [0.2, 0.25) is 0 Å². The summed E-state index contributed by atoms with van der Waals surface area (Å²) >= 11 is 0. The van der Waals surface area contributed by atoms with Crippen molar-refractivity contribution in [2.75, 3.05) is 6.54 Å². The van der Waals surface area contributed by atoms with Gasteiger partial charge in [-0.2, -0.15) is 0 Å². The number of phenols is 1. The number of aliphatic hydroxyl groups is 1. The fourth-order valence-electron chi connectivity index (χ4n) is 2.60. The second-order valence-electron chi connectivity index (χ2n) is 5.14. The van der Waals surface area contributed by atoms with Crippen LogP contribution < -0.4 is 5.32 Å². The van der Waals surface area contributed by atoms with Crippen LogP contribution in [0.3, 0.4) is 0 Å². The first-order valence-corrected chi connectivity index (χ1v) is 6.50. The van der Waals surface area contributed by atoms with E-state index in [4.69, 9.17) is 0 Å². The van der Waals surface area contributed by atoms with E-state index in [9.17, 15) is 14.6 Å². The zero-order valence-electron chi connectivity index (χ0n) is 10.4. The quantitative estimate of drug-likeness (QED) is 0.771. The van der Waals surface area contributed by atoms with Crippen LogP contribution in [0.2, 0.25) is 0 Å². The van der Waals surface area contributed by atoms with Crippen LogP contribution in [0.25, 0.3) is 0 Å². The Labute approximate surface area is 107 Å². The molecule has 1 fully saturated rings. The second-order valence-corrected chi connectivity index (χ2v) is 5.14. The van der Waals surface area contributed by atoms with Gasteiger partial charge in [-0.15, -0.1) is 0 Å². The SMILES string of the molecule is Oc1cc(F)cc(CNCC2CCCC(O)C2)c1. The Morgan fingerprint density at radius 3 is 2.83 bits per heavy atom. The number of aromatic hydroxyl groups is 1. The Morgan fingerprint density at radius 2 is 2.11 bits per heavy atom. The molecule has 0 bridgehead atoms. The molecule has 2 unspecified atom stereocenters. The van der Waals surface area contributed by atoms with Crippen molar-refractivity contribution in [1.29, 1.82) is 0 Å². The maximum absolute atomic E-state index is 13.0. The van der Waals surface area contributed by atoms with E-state index in [0.717, 1.165) is 43.9 Å². The third-order valence-corrected chi connectivity index (χ3v) is 3.46. The Balaban J connectivity index is 1.77. The van der Waals surface area contributed by atoms with E-state index in [0.29, 0.717) is 12.5 Å². The number of rotatable bonds is 4. The Morgan fingerprint density at radius 1 is 1.28 bits per heavy atom. The smallest absolute Gasteiger partial charge is 0.127 e. The summed E-state index contributed by atoms with van der Waals surface area (Å²) < 4.78 is 13.0. The summed E-state index contributed by atoms with van der Waals surface area (Å²) in [7, 11) is 0. The van der Waals surface area contributed by atoms with Crippen LogP contribution in [0.15, 0.2) is 18.2 Å². The highest BCUT2D eigenvalue weighted by molar-refractivity contribution is 5.28. The number of hydrogen-bond acceptors (Lipinski definition) is 3. The largest absolute Gasteiger partial charge is 0.508 e. The summed E-state index contributed by atoms with van der Waals surface area (Å²) in [5.74, 6) is 0.0377. The van der Waals surface area contributed by atoms with Gasteiger partial charge in [-0.25, -0.2) is 4.39 Å². The van der Waals surface area contributed by atoms with E-state index in [1.54, 1.807) is 6.07 Å². The Kier molecular flexibility index (Phi) is 4.55. The molecule has 3 N–H and O–H groups in total. The molecule has 100 valence electrons. The van der Waals surface area contributed by atoms with E-state index in [1.165, 1.54) is 6.07 Å². The summed E-state index contributed by atoms with van der Waals surface area (Å²) in [6.07, 6.45) is 3.81. The second kappa shape index (κ2) is 6.16. The van der Waals surface area contributed by atoms with Gasteiger partial charge in [0.1, 0.15) is 11.6 Å². The van der Waals surface area contributed by atoms with Gasteiger partial charge in [-0.3, -0.25) is 0 Å². The molecule has 3 nitrogen and oxygen atoms in total. The first kappa shape index (κ1) is 13.3. The van der Waals surface area contributed by atoms with Gasteiger partial charge in [0.05, 0.1) is 6.10 Å². The standard InChI is InChI=1S/C14H20FNO2/c15-12-4-11(6-14(18)7-12)9-16-8-10-2-1-3-13(17)5-10/h4,6-7,10,13,16-18H,1-3,5,8-9H2. The van der Waals surface area contributed by atoms with Crippen LogP contribution in [0, 0.1) is 11.7 Å². The Bertz CT molecular complexity index is 377. The highest BCUT2D eigenvalue weighted by Gasteiger charge is 2.19. The van der Waals surface area contributed by atoms with Crippen molar-refractivity contribution in [1.82, 2.24) is 5.32 Å². The van der Waals surface area contributed by atoms with Crippen LogP contribution in [0.4, 0.5) is 4.39 Å². The lowest BCUT2D eigenvalue weighted by Gasteiger charge is -2.26. The fraction of sp³-hybridized carbons (Fsp3) is 0.571. The number of nitrogens with one attached hydrogen (secondary N) is 1. The van der Waals surface area contributed by atoms with Gasteiger partial charge in [-0.1, -0.05) is 6.42 Å². The molecular weight excluding hydrogens is 233 g/mol. The van der Waals surface area contributed by atoms with Crippen molar-refractivity contribution < 1.29 is 14.6 Å². The van der Waals surface area contributed by atoms with E-state index in [1.807, 2.05) is 0 Å². The molecule has 1 aromatic rings. The van der Waals surface area contributed by atoms with Crippen LogP contribution in [0.5, 0.6) is 5.75 Å². The fourth-order valence-corrected chi connectivity index (χ4v) is 2.60. The molecule has 1 aliphatic carbocycles. The van der Waals surface area contributed by atoms with E-state index in [-0.39, 0.29) is 11.9 Å². The first-order chi connectivity index (χ1) is 8.63. The molecule has 2 atom stereocenters. The molecule has 2 rings (SSSR count).